The molecule has 88 valence electrons. The lowest BCUT2D eigenvalue weighted by molar-refractivity contribution is -0.136. The second kappa shape index (κ2) is 4.68. The second-order valence-corrected chi connectivity index (χ2v) is 4.56. The molecule has 0 radical (unpaired) electrons. The molecule has 0 unspecified atom stereocenters. The summed E-state index contributed by atoms with van der Waals surface area (Å²) < 4.78 is 1.96. The fraction of sp³-hybridized carbons (Fsp3) is 0.667. The van der Waals surface area contributed by atoms with E-state index in [0.29, 0.717) is 11.7 Å². The minimum atomic E-state index is -0.816. The Morgan fingerprint density at radius 1 is 1.50 bits per heavy atom. The van der Waals surface area contributed by atoms with Crippen molar-refractivity contribution in [3.63, 3.8) is 0 Å². The number of imidazole rings is 1. The molecule has 1 N–H and O–H groups in total. The Bertz CT molecular complexity index is 378. The molecule has 0 bridgehead atoms. The van der Waals surface area contributed by atoms with Crippen molar-refractivity contribution in [3.8, 4) is 0 Å². The number of aromatic nitrogens is 2. The fourth-order valence-corrected chi connectivity index (χ4v) is 2.54. The normalized spacial score (nSPS) is 17.6. The van der Waals surface area contributed by atoms with Crippen LogP contribution in [0, 0.1) is 0 Å². The van der Waals surface area contributed by atoms with Crippen molar-refractivity contribution in [3.05, 3.63) is 17.7 Å². The summed E-state index contributed by atoms with van der Waals surface area (Å²) in [7, 11) is 1.93. The molecule has 4 nitrogen and oxygen atoms in total. The Balaban J connectivity index is 2.15. The molecule has 1 aliphatic rings. The van der Waals surface area contributed by atoms with Crippen LogP contribution in [0.2, 0.25) is 0 Å². The standard InChI is InChI=1S/C12H18N2O2/c1-14-10(9-5-3-2-4-6-9)8-13-11(14)7-12(15)16/h8-9H,2-7H2,1H3,(H,15,16). The van der Waals surface area contributed by atoms with Crippen LogP contribution < -0.4 is 0 Å². The van der Waals surface area contributed by atoms with Gasteiger partial charge >= 0.3 is 5.97 Å². The Morgan fingerprint density at radius 3 is 2.81 bits per heavy atom. The molecule has 4 heteroatoms. The lowest BCUT2D eigenvalue weighted by Crippen LogP contribution is -2.12. The molecule has 0 aliphatic heterocycles. The molecule has 0 atom stereocenters. The van der Waals surface area contributed by atoms with E-state index in [0.717, 1.165) is 0 Å². The predicted octanol–water partition coefficient (Wildman–Crippen LogP) is 2.09. The molecular weight excluding hydrogens is 204 g/mol. The van der Waals surface area contributed by atoms with Crippen LogP contribution in [0.4, 0.5) is 0 Å². The van der Waals surface area contributed by atoms with E-state index in [9.17, 15) is 4.79 Å². The van der Waals surface area contributed by atoms with E-state index in [1.54, 1.807) is 0 Å². The number of carboxylic acids is 1. The van der Waals surface area contributed by atoms with Gasteiger partial charge < -0.3 is 9.67 Å². The number of nitrogens with zero attached hydrogens (tertiary/aromatic N) is 2. The van der Waals surface area contributed by atoms with Gasteiger partial charge in [0.25, 0.3) is 0 Å². The highest BCUT2D eigenvalue weighted by molar-refractivity contribution is 5.69. The molecule has 0 aromatic carbocycles. The molecule has 1 saturated carbocycles. The van der Waals surface area contributed by atoms with Crippen LogP contribution in [0.25, 0.3) is 0 Å². The molecule has 0 amide bonds. The average molecular weight is 222 g/mol. The third-order valence-electron chi connectivity index (χ3n) is 3.45. The van der Waals surface area contributed by atoms with Gasteiger partial charge in [0.1, 0.15) is 12.2 Å². The van der Waals surface area contributed by atoms with Crippen molar-refractivity contribution in [2.45, 2.75) is 44.4 Å². The zero-order valence-corrected chi connectivity index (χ0v) is 9.65. The quantitative estimate of drug-likeness (QED) is 0.852. The van der Waals surface area contributed by atoms with Crippen molar-refractivity contribution in [1.29, 1.82) is 0 Å². The lowest BCUT2D eigenvalue weighted by atomic mass is 9.87. The SMILES string of the molecule is Cn1c(C2CCCCC2)cnc1CC(=O)O. The smallest absolute Gasteiger partial charge is 0.311 e. The minimum absolute atomic E-state index is 0.0171. The van der Waals surface area contributed by atoms with E-state index >= 15 is 0 Å². The van der Waals surface area contributed by atoms with Gasteiger partial charge in [-0.1, -0.05) is 19.3 Å². The maximum Gasteiger partial charge on any atom is 0.311 e. The first-order valence-corrected chi connectivity index (χ1v) is 5.90. The topological polar surface area (TPSA) is 55.1 Å². The van der Waals surface area contributed by atoms with Gasteiger partial charge in [-0.3, -0.25) is 4.79 Å². The second-order valence-electron chi connectivity index (χ2n) is 4.56. The molecule has 1 aromatic rings. The Morgan fingerprint density at radius 2 is 2.19 bits per heavy atom. The van der Waals surface area contributed by atoms with E-state index in [1.807, 2.05) is 17.8 Å². The van der Waals surface area contributed by atoms with Crippen molar-refractivity contribution < 1.29 is 9.90 Å². The van der Waals surface area contributed by atoms with Crippen LogP contribution in [0.3, 0.4) is 0 Å². The number of carbonyl (C=O) groups is 1. The summed E-state index contributed by atoms with van der Waals surface area (Å²) in [6.45, 7) is 0. The first-order chi connectivity index (χ1) is 7.68. The number of hydrogen-bond acceptors (Lipinski definition) is 2. The van der Waals surface area contributed by atoms with Crippen LogP contribution >= 0.6 is 0 Å². The summed E-state index contributed by atoms with van der Waals surface area (Å²) in [4.78, 5) is 14.9. The minimum Gasteiger partial charge on any atom is -0.481 e. The van der Waals surface area contributed by atoms with E-state index in [-0.39, 0.29) is 6.42 Å². The van der Waals surface area contributed by atoms with Gasteiger partial charge in [-0.2, -0.15) is 0 Å². The highest BCUT2D eigenvalue weighted by atomic mass is 16.4. The van der Waals surface area contributed by atoms with Crippen molar-refractivity contribution in [1.82, 2.24) is 9.55 Å². The van der Waals surface area contributed by atoms with Crippen LogP contribution in [0.5, 0.6) is 0 Å². The first kappa shape index (κ1) is 11.2. The molecule has 0 spiro atoms. The highest BCUT2D eigenvalue weighted by Crippen LogP contribution is 2.32. The molecule has 0 saturated heterocycles. The Labute approximate surface area is 95.3 Å². The maximum absolute atomic E-state index is 10.7. The van der Waals surface area contributed by atoms with Gasteiger partial charge in [0.05, 0.1) is 0 Å². The van der Waals surface area contributed by atoms with Crippen molar-refractivity contribution in [2.24, 2.45) is 7.05 Å². The summed E-state index contributed by atoms with van der Waals surface area (Å²) in [6, 6.07) is 0. The van der Waals surface area contributed by atoms with Crippen LogP contribution in [-0.4, -0.2) is 20.6 Å². The van der Waals surface area contributed by atoms with Crippen molar-refractivity contribution in [2.75, 3.05) is 0 Å². The summed E-state index contributed by atoms with van der Waals surface area (Å²) in [5.41, 5.74) is 1.20. The monoisotopic (exact) mass is 222 g/mol. The van der Waals surface area contributed by atoms with Crippen LogP contribution in [0.15, 0.2) is 6.20 Å². The largest absolute Gasteiger partial charge is 0.481 e. The zero-order valence-electron chi connectivity index (χ0n) is 9.65. The molecule has 1 aliphatic carbocycles. The third-order valence-corrected chi connectivity index (χ3v) is 3.45. The Kier molecular flexibility index (Phi) is 3.27. The lowest BCUT2D eigenvalue weighted by Gasteiger charge is -2.22. The van der Waals surface area contributed by atoms with E-state index < -0.39 is 5.97 Å². The summed E-state index contributed by atoms with van der Waals surface area (Å²) in [5.74, 6) is 0.422. The van der Waals surface area contributed by atoms with E-state index in [1.165, 1.54) is 37.8 Å². The fourth-order valence-electron chi connectivity index (χ4n) is 2.54. The highest BCUT2D eigenvalue weighted by Gasteiger charge is 2.20. The van der Waals surface area contributed by atoms with Gasteiger partial charge in [-0.25, -0.2) is 4.98 Å². The van der Waals surface area contributed by atoms with Gasteiger partial charge in [-0.05, 0) is 12.8 Å². The summed E-state index contributed by atoms with van der Waals surface area (Å²) in [6.07, 6.45) is 8.19. The van der Waals surface area contributed by atoms with Gasteiger partial charge in [0.15, 0.2) is 0 Å². The third kappa shape index (κ3) is 2.26. The zero-order chi connectivity index (χ0) is 11.5. The first-order valence-electron chi connectivity index (χ1n) is 5.90. The van der Waals surface area contributed by atoms with E-state index in [4.69, 9.17) is 5.11 Å². The van der Waals surface area contributed by atoms with Gasteiger partial charge in [0.2, 0.25) is 0 Å². The predicted molar refractivity (Wildman–Crippen MR) is 60.4 cm³/mol. The molecule has 2 rings (SSSR count). The van der Waals surface area contributed by atoms with Gasteiger partial charge in [-0.15, -0.1) is 0 Å². The maximum atomic E-state index is 10.7. The molecular formula is C12H18N2O2. The molecule has 1 fully saturated rings. The number of rotatable bonds is 3. The van der Waals surface area contributed by atoms with Gasteiger partial charge in [0, 0.05) is 24.9 Å². The van der Waals surface area contributed by atoms with E-state index in [2.05, 4.69) is 4.98 Å². The van der Waals surface area contributed by atoms with Crippen LogP contribution in [-0.2, 0) is 18.3 Å². The average Bonchev–Trinajstić information content (AvgIpc) is 2.61. The Hall–Kier alpha value is -1.32. The number of hydrogen-bond donors (Lipinski definition) is 1. The number of aliphatic carboxylic acids is 1. The number of carboxylic acid groups (broad SMARTS) is 1. The molecule has 16 heavy (non-hydrogen) atoms. The van der Waals surface area contributed by atoms with Crippen molar-refractivity contribution >= 4 is 5.97 Å². The van der Waals surface area contributed by atoms with Crippen LogP contribution in [0.1, 0.15) is 49.5 Å². The summed E-state index contributed by atoms with van der Waals surface area (Å²) >= 11 is 0. The molecule has 1 heterocycles. The summed E-state index contributed by atoms with van der Waals surface area (Å²) in [5, 5.41) is 8.76. The molecule has 1 aromatic heterocycles.